The van der Waals surface area contributed by atoms with Gasteiger partial charge >= 0.3 is 0 Å². The van der Waals surface area contributed by atoms with Gasteiger partial charge in [0.15, 0.2) is 0 Å². The minimum absolute atomic E-state index is 0. The maximum Gasteiger partial charge on any atom is 0.222 e. The van der Waals surface area contributed by atoms with Crippen LogP contribution in [0.2, 0.25) is 0 Å². The maximum absolute atomic E-state index is 12.2. The third-order valence-electron chi connectivity index (χ3n) is 5.18. The number of ether oxygens (including phenoxy) is 1. The molecule has 1 aromatic heterocycles. The van der Waals surface area contributed by atoms with Gasteiger partial charge in [-0.1, -0.05) is 6.07 Å². The molecule has 1 N–H and O–H groups in total. The van der Waals surface area contributed by atoms with E-state index >= 15 is 0 Å². The zero-order valence-corrected chi connectivity index (χ0v) is 16.1. The van der Waals surface area contributed by atoms with Crippen molar-refractivity contribution in [3.8, 4) is 0 Å². The van der Waals surface area contributed by atoms with E-state index in [4.69, 9.17) is 4.74 Å². The Morgan fingerprint density at radius 1 is 1.40 bits per heavy atom. The number of hydrogen-bond acceptors (Lipinski definition) is 4. The molecule has 2 fully saturated rings. The number of rotatable bonds is 8. The Bertz CT molecular complexity index is 565. The second kappa shape index (κ2) is 9.51. The van der Waals surface area contributed by atoms with Crippen molar-refractivity contribution >= 4 is 18.3 Å². The minimum atomic E-state index is 0. The summed E-state index contributed by atoms with van der Waals surface area (Å²) in [6.07, 6.45) is 4.95. The fourth-order valence-corrected chi connectivity index (χ4v) is 3.68. The summed E-state index contributed by atoms with van der Waals surface area (Å²) in [5.74, 6) is 1.50. The van der Waals surface area contributed by atoms with Crippen LogP contribution in [0.3, 0.4) is 0 Å². The van der Waals surface area contributed by atoms with Crippen molar-refractivity contribution in [1.82, 2.24) is 15.2 Å². The average molecular weight is 368 g/mol. The quantitative estimate of drug-likeness (QED) is 0.717. The summed E-state index contributed by atoms with van der Waals surface area (Å²) in [5, 5.41) is 3.26. The number of halogens is 1. The van der Waals surface area contributed by atoms with Crippen molar-refractivity contribution in [3.63, 3.8) is 0 Å². The molecule has 1 aliphatic heterocycles. The SMILES string of the molecule is CCOCCC(=O)N[C@H]1CN(Cc2ncccc2C)C[C@@H]1C1CC1.Cl. The standard InChI is InChI=1S/C19H29N3O2.ClH/c1-3-24-10-8-19(23)21-18-13-22(11-16(18)15-6-7-15)12-17-14(2)5-4-9-20-17;/h4-5,9,15-16,18H,3,6-8,10-13H2,1-2H3,(H,21,23);1H/t16-,18+;/m1./s1. The Kier molecular flexibility index (Phi) is 7.66. The van der Waals surface area contributed by atoms with Gasteiger partial charge in [-0.25, -0.2) is 0 Å². The van der Waals surface area contributed by atoms with Crippen LogP contribution in [0.4, 0.5) is 0 Å². The van der Waals surface area contributed by atoms with Crippen molar-refractivity contribution in [2.45, 2.75) is 45.7 Å². The molecule has 2 atom stereocenters. The number of hydrogen-bond donors (Lipinski definition) is 1. The number of nitrogens with one attached hydrogen (secondary N) is 1. The van der Waals surface area contributed by atoms with Gasteiger partial charge in [0, 0.05) is 44.9 Å². The molecule has 140 valence electrons. The van der Waals surface area contributed by atoms with Gasteiger partial charge in [0.05, 0.1) is 12.3 Å². The lowest BCUT2D eigenvalue weighted by molar-refractivity contribution is -0.123. The monoisotopic (exact) mass is 367 g/mol. The van der Waals surface area contributed by atoms with Gasteiger partial charge in [-0.3, -0.25) is 14.7 Å². The van der Waals surface area contributed by atoms with Gasteiger partial charge in [0.2, 0.25) is 5.91 Å². The van der Waals surface area contributed by atoms with E-state index < -0.39 is 0 Å². The fraction of sp³-hybridized carbons (Fsp3) is 0.684. The first kappa shape index (κ1) is 20.1. The summed E-state index contributed by atoms with van der Waals surface area (Å²) < 4.78 is 5.29. The minimum Gasteiger partial charge on any atom is -0.381 e. The van der Waals surface area contributed by atoms with E-state index in [1.807, 2.05) is 19.2 Å². The first-order valence-corrected chi connectivity index (χ1v) is 9.17. The van der Waals surface area contributed by atoms with Crippen molar-refractivity contribution < 1.29 is 9.53 Å². The highest BCUT2D eigenvalue weighted by Crippen LogP contribution is 2.41. The molecule has 5 nitrogen and oxygen atoms in total. The topological polar surface area (TPSA) is 54.5 Å². The molecule has 1 amide bonds. The second-order valence-corrected chi connectivity index (χ2v) is 7.08. The molecule has 0 radical (unpaired) electrons. The van der Waals surface area contributed by atoms with Gasteiger partial charge in [-0.05, 0) is 50.2 Å². The molecule has 1 aromatic rings. The lowest BCUT2D eigenvalue weighted by atomic mass is 9.98. The molecule has 0 unspecified atom stereocenters. The number of carbonyl (C=O) groups is 1. The fourth-order valence-electron chi connectivity index (χ4n) is 3.68. The van der Waals surface area contributed by atoms with Gasteiger partial charge in [-0.15, -0.1) is 12.4 Å². The van der Waals surface area contributed by atoms with Gasteiger partial charge in [-0.2, -0.15) is 0 Å². The van der Waals surface area contributed by atoms with Crippen LogP contribution in [-0.4, -0.2) is 48.1 Å². The van der Waals surface area contributed by atoms with Crippen LogP contribution in [0.5, 0.6) is 0 Å². The average Bonchev–Trinajstić information content (AvgIpc) is 3.33. The molecule has 3 rings (SSSR count). The molecule has 6 heteroatoms. The number of likely N-dealkylation sites (tertiary alicyclic amines) is 1. The van der Waals surface area contributed by atoms with Crippen LogP contribution >= 0.6 is 12.4 Å². The first-order chi connectivity index (χ1) is 11.7. The van der Waals surface area contributed by atoms with Crippen LogP contribution < -0.4 is 5.32 Å². The van der Waals surface area contributed by atoms with Crippen LogP contribution in [0.15, 0.2) is 18.3 Å². The highest BCUT2D eigenvalue weighted by Gasteiger charge is 2.42. The Morgan fingerprint density at radius 3 is 2.88 bits per heavy atom. The van der Waals surface area contributed by atoms with E-state index in [0.717, 1.165) is 31.2 Å². The van der Waals surface area contributed by atoms with Crippen molar-refractivity contribution in [2.75, 3.05) is 26.3 Å². The first-order valence-electron chi connectivity index (χ1n) is 9.17. The number of pyridine rings is 1. The highest BCUT2D eigenvalue weighted by molar-refractivity contribution is 5.85. The third kappa shape index (κ3) is 5.66. The number of carbonyl (C=O) groups excluding carboxylic acids is 1. The summed E-state index contributed by atoms with van der Waals surface area (Å²) in [4.78, 5) is 19.1. The molecule has 2 aliphatic rings. The predicted octanol–water partition coefficient (Wildman–Crippen LogP) is 2.57. The molecule has 25 heavy (non-hydrogen) atoms. The van der Waals surface area contributed by atoms with Gasteiger partial charge in [0.1, 0.15) is 0 Å². The van der Waals surface area contributed by atoms with E-state index in [-0.39, 0.29) is 24.4 Å². The zero-order valence-electron chi connectivity index (χ0n) is 15.2. The second-order valence-electron chi connectivity index (χ2n) is 7.08. The Hall–Kier alpha value is -1.17. The number of aromatic nitrogens is 1. The molecule has 1 saturated carbocycles. The smallest absolute Gasteiger partial charge is 0.222 e. The summed E-state index contributed by atoms with van der Waals surface area (Å²) in [7, 11) is 0. The summed E-state index contributed by atoms with van der Waals surface area (Å²) >= 11 is 0. The number of amides is 1. The Morgan fingerprint density at radius 2 is 2.20 bits per heavy atom. The van der Waals surface area contributed by atoms with Crippen LogP contribution in [0, 0.1) is 18.8 Å². The largest absolute Gasteiger partial charge is 0.381 e. The van der Waals surface area contributed by atoms with Crippen LogP contribution in [0.1, 0.15) is 37.4 Å². The van der Waals surface area contributed by atoms with Crippen molar-refractivity contribution in [3.05, 3.63) is 29.6 Å². The van der Waals surface area contributed by atoms with E-state index in [2.05, 4.69) is 28.2 Å². The lowest BCUT2D eigenvalue weighted by Crippen LogP contribution is -2.41. The number of aryl methyl sites for hydroxylation is 1. The lowest BCUT2D eigenvalue weighted by Gasteiger charge is -2.19. The van der Waals surface area contributed by atoms with Crippen LogP contribution in [0.25, 0.3) is 0 Å². The molecular formula is C19H30ClN3O2. The highest BCUT2D eigenvalue weighted by atomic mass is 35.5. The number of nitrogens with zero attached hydrogens (tertiary/aromatic N) is 2. The maximum atomic E-state index is 12.2. The van der Waals surface area contributed by atoms with E-state index in [9.17, 15) is 4.79 Å². The summed E-state index contributed by atoms with van der Waals surface area (Å²) in [5.41, 5.74) is 2.39. The third-order valence-corrected chi connectivity index (χ3v) is 5.18. The molecule has 1 saturated heterocycles. The molecule has 0 aromatic carbocycles. The van der Waals surface area contributed by atoms with Crippen LogP contribution in [-0.2, 0) is 16.1 Å². The van der Waals surface area contributed by atoms with E-state index in [1.165, 1.54) is 18.4 Å². The van der Waals surface area contributed by atoms with Crippen molar-refractivity contribution in [1.29, 1.82) is 0 Å². The molecule has 0 spiro atoms. The summed E-state index contributed by atoms with van der Waals surface area (Å²) in [6, 6.07) is 4.37. The normalized spacial score (nSPS) is 23.3. The Balaban J connectivity index is 0.00000225. The molecule has 2 heterocycles. The van der Waals surface area contributed by atoms with E-state index in [0.29, 0.717) is 25.6 Å². The van der Waals surface area contributed by atoms with Gasteiger partial charge < -0.3 is 10.1 Å². The van der Waals surface area contributed by atoms with Crippen molar-refractivity contribution in [2.24, 2.45) is 11.8 Å². The predicted molar refractivity (Wildman–Crippen MR) is 101 cm³/mol. The summed E-state index contributed by atoms with van der Waals surface area (Å²) in [6.45, 7) is 8.12. The molecular weight excluding hydrogens is 338 g/mol. The Labute approximate surface area is 156 Å². The zero-order chi connectivity index (χ0) is 16.9. The van der Waals surface area contributed by atoms with Gasteiger partial charge in [0.25, 0.3) is 0 Å². The molecule has 1 aliphatic carbocycles. The molecule has 0 bridgehead atoms. The van der Waals surface area contributed by atoms with E-state index in [1.54, 1.807) is 0 Å².